The zero-order chi connectivity index (χ0) is 22.2. The fourth-order valence-electron chi connectivity index (χ4n) is 4.03. The Morgan fingerprint density at radius 3 is 2.44 bits per heavy atom. The summed E-state index contributed by atoms with van der Waals surface area (Å²) < 4.78 is 2.00. The average Bonchev–Trinajstić information content (AvgIpc) is 3.14. The van der Waals surface area contributed by atoms with Crippen molar-refractivity contribution in [3.8, 4) is 0 Å². The molecular formula is C25H33N7. The van der Waals surface area contributed by atoms with Crippen LogP contribution in [0, 0.1) is 6.92 Å². The Balaban J connectivity index is 1.40. The maximum atomic E-state index is 4.87. The van der Waals surface area contributed by atoms with Crippen molar-refractivity contribution in [2.45, 2.75) is 45.4 Å². The fraction of sp³-hybridized carbons (Fsp3) is 0.400. The summed E-state index contributed by atoms with van der Waals surface area (Å²) >= 11 is 0. The predicted molar refractivity (Wildman–Crippen MR) is 128 cm³/mol. The summed E-state index contributed by atoms with van der Waals surface area (Å²) in [4.78, 5) is 7.39. The third-order valence-electron chi connectivity index (χ3n) is 5.95. The number of aliphatic imine (C=N–C) groups is 1. The van der Waals surface area contributed by atoms with Gasteiger partial charge >= 0.3 is 0 Å². The van der Waals surface area contributed by atoms with Crippen LogP contribution in [0.3, 0.4) is 0 Å². The third-order valence-corrected chi connectivity index (χ3v) is 5.95. The molecule has 32 heavy (non-hydrogen) atoms. The lowest BCUT2D eigenvalue weighted by molar-refractivity contribution is 0.192. The zero-order valence-corrected chi connectivity index (χ0v) is 19.0. The van der Waals surface area contributed by atoms with Crippen LogP contribution < -0.4 is 10.6 Å². The first-order valence-corrected chi connectivity index (χ1v) is 11.4. The van der Waals surface area contributed by atoms with Crippen LogP contribution in [0.1, 0.15) is 35.6 Å². The van der Waals surface area contributed by atoms with E-state index in [1.54, 1.807) is 0 Å². The number of aryl methyl sites for hydroxylation is 1. The summed E-state index contributed by atoms with van der Waals surface area (Å²) in [5, 5.41) is 15.6. The monoisotopic (exact) mass is 431 g/mol. The molecule has 3 aromatic rings. The maximum absolute atomic E-state index is 4.87. The topological polar surface area (TPSA) is 70.4 Å². The standard InChI is InChI=1S/C25H33N7/c1-20-29-30-24(31(20)2)17-27-25(26-16-21-10-5-3-6-11-21)28-23-14-9-15-32(19-23)18-22-12-7-4-8-13-22/h3-8,10-13,23H,9,14-19H2,1-2H3,(H2,26,27,28). The number of hydrogen-bond acceptors (Lipinski definition) is 4. The van der Waals surface area contributed by atoms with E-state index in [1.807, 2.05) is 24.6 Å². The Morgan fingerprint density at radius 2 is 1.75 bits per heavy atom. The van der Waals surface area contributed by atoms with Crippen LogP contribution in [-0.2, 0) is 26.7 Å². The number of benzene rings is 2. The van der Waals surface area contributed by atoms with Gasteiger partial charge in [-0.2, -0.15) is 0 Å². The average molecular weight is 432 g/mol. The lowest BCUT2D eigenvalue weighted by Crippen LogP contribution is -2.51. The highest BCUT2D eigenvalue weighted by molar-refractivity contribution is 5.80. The van der Waals surface area contributed by atoms with E-state index in [2.05, 4.69) is 80.3 Å². The van der Waals surface area contributed by atoms with Gasteiger partial charge in [0.15, 0.2) is 11.8 Å². The minimum Gasteiger partial charge on any atom is -0.352 e. The van der Waals surface area contributed by atoms with Crippen molar-refractivity contribution in [3.63, 3.8) is 0 Å². The normalized spacial score (nSPS) is 17.3. The second-order valence-corrected chi connectivity index (χ2v) is 8.43. The van der Waals surface area contributed by atoms with Crippen molar-refractivity contribution < 1.29 is 0 Å². The first kappa shape index (κ1) is 22.0. The molecule has 1 aliphatic rings. The molecule has 4 rings (SSSR count). The largest absolute Gasteiger partial charge is 0.352 e. The fourth-order valence-corrected chi connectivity index (χ4v) is 4.03. The Hall–Kier alpha value is -3.19. The molecule has 2 aromatic carbocycles. The van der Waals surface area contributed by atoms with Gasteiger partial charge in [0.05, 0.1) is 13.1 Å². The molecule has 1 unspecified atom stereocenters. The Bertz CT molecular complexity index is 998. The van der Waals surface area contributed by atoms with Crippen molar-refractivity contribution in [3.05, 3.63) is 83.4 Å². The number of piperidine rings is 1. The first-order valence-electron chi connectivity index (χ1n) is 11.4. The van der Waals surface area contributed by atoms with E-state index in [-0.39, 0.29) is 0 Å². The van der Waals surface area contributed by atoms with E-state index in [0.717, 1.165) is 43.7 Å². The number of rotatable bonds is 7. The number of guanidine groups is 1. The van der Waals surface area contributed by atoms with E-state index in [9.17, 15) is 0 Å². The van der Waals surface area contributed by atoms with Gasteiger partial charge in [-0.1, -0.05) is 60.7 Å². The predicted octanol–water partition coefficient (Wildman–Crippen LogP) is 3.02. The molecule has 1 aromatic heterocycles. The van der Waals surface area contributed by atoms with Crippen molar-refractivity contribution in [2.24, 2.45) is 12.0 Å². The van der Waals surface area contributed by atoms with Gasteiger partial charge < -0.3 is 15.2 Å². The van der Waals surface area contributed by atoms with E-state index in [1.165, 1.54) is 17.5 Å². The highest BCUT2D eigenvalue weighted by atomic mass is 15.3. The molecule has 2 heterocycles. The smallest absolute Gasteiger partial charge is 0.192 e. The van der Waals surface area contributed by atoms with Crippen LogP contribution in [0.25, 0.3) is 0 Å². The first-order chi connectivity index (χ1) is 15.7. The molecule has 0 aliphatic carbocycles. The molecule has 1 saturated heterocycles. The van der Waals surface area contributed by atoms with Gasteiger partial charge in [-0.3, -0.25) is 4.90 Å². The minimum atomic E-state index is 0.357. The molecule has 7 nitrogen and oxygen atoms in total. The van der Waals surface area contributed by atoms with Gasteiger partial charge in [-0.25, -0.2) is 4.99 Å². The number of nitrogens with one attached hydrogen (secondary N) is 2. The zero-order valence-electron chi connectivity index (χ0n) is 19.0. The van der Waals surface area contributed by atoms with E-state index in [4.69, 9.17) is 4.99 Å². The number of likely N-dealkylation sites (tertiary alicyclic amines) is 1. The van der Waals surface area contributed by atoms with Crippen LogP contribution in [0.5, 0.6) is 0 Å². The lowest BCUT2D eigenvalue weighted by atomic mass is 10.0. The van der Waals surface area contributed by atoms with Gasteiger partial charge in [0.25, 0.3) is 0 Å². The SMILES string of the molecule is Cc1nnc(CNC(=NCc2ccccc2)NC2CCCN(Cc3ccccc3)C2)n1C. The molecule has 0 spiro atoms. The quantitative estimate of drug-likeness (QED) is 0.445. The summed E-state index contributed by atoms with van der Waals surface area (Å²) in [6, 6.07) is 21.4. The molecular weight excluding hydrogens is 398 g/mol. The Morgan fingerprint density at radius 1 is 1.03 bits per heavy atom. The van der Waals surface area contributed by atoms with E-state index in [0.29, 0.717) is 19.1 Å². The molecule has 1 aliphatic heterocycles. The molecule has 2 N–H and O–H groups in total. The number of hydrogen-bond donors (Lipinski definition) is 2. The van der Waals surface area contributed by atoms with Crippen molar-refractivity contribution in [1.82, 2.24) is 30.3 Å². The highest BCUT2D eigenvalue weighted by Gasteiger charge is 2.21. The van der Waals surface area contributed by atoms with Gasteiger partial charge in [-0.15, -0.1) is 10.2 Å². The maximum Gasteiger partial charge on any atom is 0.192 e. The summed E-state index contributed by atoms with van der Waals surface area (Å²) in [5.41, 5.74) is 2.55. The molecule has 168 valence electrons. The summed E-state index contributed by atoms with van der Waals surface area (Å²) in [6.45, 7) is 6.30. The summed E-state index contributed by atoms with van der Waals surface area (Å²) in [5.74, 6) is 2.62. The summed E-state index contributed by atoms with van der Waals surface area (Å²) in [7, 11) is 1.99. The van der Waals surface area contributed by atoms with Crippen LogP contribution in [0.15, 0.2) is 65.7 Å². The van der Waals surface area contributed by atoms with E-state index < -0.39 is 0 Å². The lowest BCUT2D eigenvalue weighted by Gasteiger charge is -2.34. The molecule has 0 radical (unpaired) electrons. The van der Waals surface area contributed by atoms with E-state index >= 15 is 0 Å². The molecule has 0 saturated carbocycles. The molecule has 7 heteroatoms. The van der Waals surface area contributed by atoms with Gasteiger partial charge in [0, 0.05) is 26.2 Å². The van der Waals surface area contributed by atoms with Crippen LogP contribution >= 0.6 is 0 Å². The molecule has 0 bridgehead atoms. The van der Waals surface area contributed by atoms with Crippen LogP contribution in [-0.4, -0.2) is 44.8 Å². The summed E-state index contributed by atoms with van der Waals surface area (Å²) in [6.07, 6.45) is 2.32. The third kappa shape index (κ3) is 6.17. The van der Waals surface area contributed by atoms with Gasteiger partial charge in [-0.05, 0) is 37.4 Å². The number of nitrogens with zero attached hydrogens (tertiary/aromatic N) is 5. The van der Waals surface area contributed by atoms with Crippen LogP contribution in [0.2, 0.25) is 0 Å². The Labute approximate surface area is 190 Å². The van der Waals surface area contributed by atoms with Crippen molar-refractivity contribution >= 4 is 5.96 Å². The highest BCUT2D eigenvalue weighted by Crippen LogP contribution is 2.14. The van der Waals surface area contributed by atoms with Gasteiger partial charge in [0.2, 0.25) is 0 Å². The van der Waals surface area contributed by atoms with Crippen LogP contribution in [0.4, 0.5) is 0 Å². The number of aromatic nitrogens is 3. The van der Waals surface area contributed by atoms with Crippen molar-refractivity contribution in [1.29, 1.82) is 0 Å². The molecule has 0 amide bonds. The van der Waals surface area contributed by atoms with Crippen molar-refractivity contribution in [2.75, 3.05) is 13.1 Å². The second-order valence-electron chi connectivity index (χ2n) is 8.43. The minimum absolute atomic E-state index is 0.357. The molecule has 1 fully saturated rings. The molecule has 1 atom stereocenters. The Kier molecular flexibility index (Phi) is 7.51. The van der Waals surface area contributed by atoms with Gasteiger partial charge in [0.1, 0.15) is 5.82 Å². The second kappa shape index (κ2) is 10.9.